The third-order valence-corrected chi connectivity index (χ3v) is 5.49. The van der Waals surface area contributed by atoms with E-state index in [1.807, 2.05) is 7.05 Å². The maximum atomic E-state index is 12.8. The highest BCUT2D eigenvalue weighted by atomic mass is 32.1. The van der Waals surface area contributed by atoms with Crippen LogP contribution in [0.3, 0.4) is 0 Å². The average molecular weight is 308 g/mol. The zero-order valence-corrected chi connectivity index (χ0v) is 14.4. The Bertz CT molecular complexity index is 467. The van der Waals surface area contributed by atoms with Crippen LogP contribution in [0.15, 0.2) is 6.07 Å². The third-order valence-electron chi connectivity index (χ3n) is 4.26. The van der Waals surface area contributed by atoms with Crippen molar-refractivity contribution in [3.63, 3.8) is 0 Å². The fourth-order valence-electron chi connectivity index (χ4n) is 3.17. The van der Waals surface area contributed by atoms with E-state index in [0.717, 1.165) is 50.2 Å². The van der Waals surface area contributed by atoms with Crippen molar-refractivity contribution in [2.75, 3.05) is 26.7 Å². The molecule has 0 radical (unpaired) electrons. The SMILES string of the molecule is CCCc1sc(C(=O)N2CCCC(CNC)C2)cc1CC. The number of piperidine rings is 1. The molecular formula is C17H28N2OS. The second-order valence-electron chi connectivity index (χ2n) is 5.98. The maximum Gasteiger partial charge on any atom is 0.263 e. The molecule has 0 aliphatic carbocycles. The molecule has 1 atom stereocenters. The van der Waals surface area contributed by atoms with Gasteiger partial charge in [0, 0.05) is 18.0 Å². The molecule has 1 aliphatic rings. The number of rotatable bonds is 6. The predicted octanol–water partition coefficient (Wildman–Crippen LogP) is 3.33. The Hall–Kier alpha value is -0.870. The Labute approximate surface area is 132 Å². The quantitative estimate of drug-likeness (QED) is 0.874. The molecule has 1 fully saturated rings. The van der Waals surface area contributed by atoms with Crippen molar-refractivity contribution in [2.45, 2.75) is 46.0 Å². The van der Waals surface area contributed by atoms with Crippen LogP contribution in [-0.2, 0) is 12.8 Å². The molecule has 0 aromatic carbocycles. The van der Waals surface area contributed by atoms with Gasteiger partial charge in [0.15, 0.2) is 0 Å². The molecule has 1 aromatic heterocycles. The van der Waals surface area contributed by atoms with Crippen LogP contribution in [0.25, 0.3) is 0 Å². The number of nitrogens with zero attached hydrogens (tertiary/aromatic N) is 1. The molecule has 2 rings (SSSR count). The highest BCUT2D eigenvalue weighted by Gasteiger charge is 2.25. The van der Waals surface area contributed by atoms with Crippen LogP contribution in [0.5, 0.6) is 0 Å². The lowest BCUT2D eigenvalue weighted by Crippen LogP contribution is -2.42. The smallest absolute Gasteiger partial charge is 0.263 e. The van der Waals surface area contributed by atoms with Crippen LogP contribution >= 0.6 is 11.3 Å². The first-order chi connectivity index (χ1) is 10.2. The van der Waals surface area contributed by atoms with Crippen LogP contribution in [0, 0.1) is 5.92 Å². The molecule has 1 saturated heterocycles. The first-order valence-electron chi connectivity index (χ1n) is 8.25. The summed E-state index contributed by atoms with van der Waals surface area (Å²) in [6.07, 6.45) is 5.64. The Morgan fingerprint density at radius 2 is 2.29 bits per heavy atom. The molecule has 1 unspecified atom stereocenters. The summed E-state index contributed by atoms with van der Waals surface area (Å²) < 4.78 is 0. The monoisotopic (exact) mass is 308 g/mol. The van der Waals surface area contributed by atoms with Crippen LogP contribution < -0.4 is 5.32 Å². The predicted molar refractivity (Wildman–Crippen MR) is 90.2 cm³/mol. The number of likely N-dealkylation sites (tertiary alicyclic amines) is 1. The molecule has 1 aliphatic heterocycles. The van der Waals surface area contributed by atoms with Gasteiger partial charge in [0.1, 0.15) is 0 Å². The first kappa shape index (κ1) is 16.5. The van der Waals surface area contributed by atoms with Gasteiger partial charge in [-0.15, -0.1) is 11.3 Å². The van der Waals surface area contributed by atoms with E-state index in [1.54, 1.807) is 11.3 Å². The lowest BCUT2D eigenvalue weighted by Gasteiger charge is -2.32. The van der Waals surface area contributed by atoms with Crippen LogP contribution in [0.4, 0.5) is 0 Å². The molecule has 1 N–H and O–H groups in total. The summed E-state index contributed by atoms with van der Waals surface area (Å²) in [5.74, 6) is 0.853. The van der Waals surface area contributed by atoms with E-state index in [2.05, 4.69) is 30.1 Å². The molecule has 1 amide bonds. The number of nitrogens with one attached hydrogen (secondary N) is 1. The zero-order chi connectivity index (χ0) is 15.2. The summed E-state index contributed by atoms with van der Waals surface area (Å²) >= 11 is 1.72. The van der Waals surface area contributed by atoms with E-state index in [1.165, 1.54) is 16.9 Å². The van der Waals surface area contributed by atoms with Crippen LogP contribution in [0.2, 0.25) is 0 Å². The van der Waals surface area contributed by atoms with Gasteiger partial charge in [-0.3, -0.25) is 4.79 Å². The summed E-state index contributed by atoms with van der Waals surface area (Å²) in [5, 5.41) is 3.24. The van der Waals surface area contributed by atoms with Gasteiger partial charge >= 0.3 is 0 Å². The second kappa shape index (κ2) is 7.95. The standard InChI is InChI=1S/C17H28N2OS/c1-4-7-15-14(5-2)10-16(21-15)17(20)19-9-6-8-13(12-19)11-18-3/h10,13,18H,4-9,11-12H2,1-3H3. The van der Waals surface area contributed by atoms with Gasteiger partial charge in [0.2, 0.25) is 0 Å². The molecular weight excluding hydrogens is 280 g/mol. The van der Waals surface area contributed by atoms with Crippen molar-refractivity contribution in [2.24, 2.45) is 5.92 Å². The van der Waals surface area contributed by atoms with Gasteiger partial charge in [-0.25, -0.2) is 0 Å². The Morgan fingerprint density at radius 1 is 1.48 bits per heavy atom. The summed E-state index contributed by atoms with van der Waals surface area (Å²) in [5.41, 5.74) is 1.37. The lowest BCUT2D eigenvalue weighted by atomic mass is 9.98. The fraction of sp³-hybridized carbons (Fsp3) is 0.706. The van der Waals surface area contributed by atoms with Crippen molar-refractivity contribution in [1.82, 2.24) is 10.2 Å². The van der Waals surface area contributed by atoms with Gasteiger partial charge < -0.3 is 10.2 Å². The third kappa shape index (κ3) is 4.07. The van der Waals surface area contributed by atoms with E-state index in [0.29, 0.717) is 5.92 Å². The molecule has 0 saturated carbocycles. The molecule has 4 heteroatoms. The van der Waals surface area contributed by atoms with Crippen molar-refractivity contribution in [3.05, 3.63) is 21.4 Å². The number of aryl methyl sites for hydroxylation is 2. The summed E-state index contributed by atoms with van der Waals surface area (Å²) in [6.45, 7) is 7.21. The molecule has 21 heavy (non-hydrogen) atoms. The van der Waals surface area contributed by atoms with Crippen molar-refractivity contribution in [3.8, 4) is 0 Å². The number of thiophene rings is 1. The number of amides is 1. The largest absolute Gasteiger partial charge is 0.338 e. The molecule has 118 valence electrons. The summed E-state index contributed by atoms with van der Waals surface area (Å²) in [7, 11) is 1.99. The molecule has 0 bridgehead atoms. The molecule has 2 heterocycles. The van der Waals surface area contributed by atoms with E-state index in [9.17, 15) is 4.79 Å². The van der Waals surface area contributed by atoms with E-state index < -0.39 is 0 Å². The minimum Gasteiger partial charge on any atom is -0.338 e. The normalized spacial score (nSPS) is 19.0. The lowest BCUT2D eigenvalue weighted by molar-refractivity contribution is 0.0679. The van der Waals surface area contributed by atoms with Gasteiger partial charge in [-0.1, -0.05) is 20.3 Å². The summed E-state index contributed by atoms with van der Waals surface area (Å²) in [6, 6.07) is 2.14. The van der Waals surface area contributed by atoms with Crippen molar-refractivity contribution < 1.29 is 4.79 Å². The zero-order valence-electron chi connectivity index (χ0n) is 13.6. The van der Waals surface area contributed by atoms with Gasteiger partial charge in [-0.2, -0.15) is 0 Å². The Kier molecular flexibility index (Phi) is 6.24. The van der Waals surface area contributed by atoms with E-state index >= 15 is 0 Å². The number of carbonyl (C=O) groups is 1. The van der Waals surface area contributed by atoms with Crippen molar-refractivity contribution >= 4 is 17.2 Å². The minimum absolute atomic E-state index is 0.248. The number of hydrogen-bond acceptors (Lipinski definition) is 3. The minimum atomic E-state index is 0.248. The Morgan fingerprint density at radius 3 is 2.95 bits per heavy atom. The number of carbonyl (C=O) groups excluding carboxylic acids is 1. The topological polar surface area (TPSA) is 32.3 Å². The van der Waals surface area contributed by atoms with Crippen molar-refractivity contribution in [1.29, 1.82) is 0 Å². The highest BCUT2D eigenvalue weighted by Crippen LogP contribution is 2.27. The maximum absolute atomic E-state index is 12.8. The van der Waals surface area contributed by atoms with Crippen LogP contribution in [0.1, 0.15) is 53.2 Å². The molecule has 1 aromatic rings. The second-order valence-corrected chi connectivity index (χ2v) is 7.12. The van der Waals surface area contributed by atoms with E-state index in [-0.39, 0.29) is 5.91 Å². The fourth-order valence-corrected chi connectivity index (χ4v) is 4.49. The molecule has 0 spiro atoms. The van der Waals surface area contributed by atoms with Gasteiger partial charge in [-0.05, 0) is 56.8 Å². The first-order valence-corrected chi connectivity index (χ1v) is 9.06. The van der Waals surface area contributed by atoms with Gasteiger partial charge in [0.25, 0.3) is 5.91 Å². The molecule has 3 nitrogen and oxygen atoms in total. The van der Waals surface area contributed by atoms with Gasteiger partial charge in [0.05, 0.1) is 4.88 Å². The Balaban J connectivity index is 2.08. The summed E-state index contributed by atoms with van der Waals surface area (Å²) in [4.78, 5) is 17.2. The number of hydrogen-bond donors (Lipinski definition) is 1. The highest BCUT2D eigenvalue weighted by molar-refractivity contribution is 7.14. The average Bonchev–Trinajstić information content (AvgIpc) is 2.90. The van der Waals surface area contributed by atoms with Crippen LogP contribution in [-0.4, -0.2) is 37.5 Å². The van der Waals surface area contributed by atoms with E-state index in [4.69, 9.17) is 0 Å².